The number of imide groups is 1. The third-order valence-corrected chi connectivity index (χ3v) is 4.20. The van der Waals surface area contributed by atoms with Gasteiger partial charge in [-0.15, -0.1) is 0 Å². The molecule has 0 saturated carbocycles. The standard InChI is InChI=1S/C12H19N5O3/c18-9(7-16-5-2-13-3-6-16)17-4-1-12(8-17)10(19)14-11(20)15-12/h13H,1-8H2,(H2,14,15,19,20). The van der Waals surface area contributed by atoms with Crippen LogP contribution in [0.1, 0.15) is 6.42 Å². The Morgan fingerprint density at radius 2 is 1.95 bits per heavy atom. The van der Waals surface area contributed by atoms with Crippen molar-refractivity contribution in [2.24, 2.45) is 0 Å². The molecule has 3 rings (SSSR count). The molecule has 0 aromatic rings. The molecule has 3 fully saturated rings. The number of carbonyl (C=O) groups is 3. The van der Waals surface area contributed by atoms with Crippen molar-refractivity contribution in [3.8, 4) is 0 Å². The van der Waals surface area contributed by atoms with Crippen molar-refractivity contribution < 1.29 is 14.4 Å². The zero-order valence-corrected chi connectivity index (χ0v) is 11.3. The Kier molecular flexibility index (Phi) is 3.35. The average Bonchev–Trinajstić information content (AvgIpc) is 2.96. The molecule has 0 aromatic heterocycles. The lowest BCUT2D eigenvalue weighted by Gasteiger charge is -2.28. The highest BCUT2D eigenvalue weighted by Gasteiger charge is 2.51. The van der Waals surface area contributed by atoms with Gasteiger partial charge in [-0.05, 0) is 6.42 Å². The van der Waals surface area contributed by atoms with Crippen LogP contribution in [0.2, 0.25) is 0 Å². The first kappa shape index (κ1) is 13.3. The average molecular weight is 281 g/mol. The van der Waals surface area contributed by atoms with Crippen molar-refractivity contribution in [3.63, 3.8) is 0 Å². The van der Waals surface area contributed by atoms with Crippen LogP contribution in [0.25, 0.3) is 0 Å². The Bertz CT molecular complexity index is 448. The molecular weight excluding hydrogens is 262 g/mol. The number of nitrogens with one attached hydrogen (secondary N) is 3. The molecule has 4 amide bonds. The molecule has 3 N–H and O–H groups in total. The van der Waals surface area contributed by atoms with Gasteiger partial charge >= 0.3 is 6.03 Å². The number of hydrogen-bond acceptors (Lipinski definition) is 5. The fourth-order valence-electron chi connectivity index (χ4n) is 3.00. The summed E-state index contributed by atoms with van der Waals surface area (Å²) in [6, 6.07) is -0.466. The highest BCUT2D eigenvalue weighted by Crippen LogP contribution is 2.24. The van der Waals surface area contributed by atoms with Crippen LogP contribution < -0.4 is 16.0 Å². The van der Waals surface area contributed by atoms with Crippen LogP contribution in [-0.4, -0.2) is 79.0 Å². The monoisotopic (exact) mass is 281 g/mol. The van der Waals surface area contributed by atoms with Gasteiger partial charge in [-0.3, -0.25) is 19.8 Å². The zero-order chi connectivity index (χ0) is 14.2. The molecular formula is C12H19N5O3. The topological polar surface area (TPSA) is 93.8 Å². The Labute approximate surface area is 116 Å². The first-order chi connectivity index (χ1) is 9.59. The van der Waals surface area contributed by atoms with Gasteiger partial charge in [0.1, 0.15) is 5.54 Å². The Morgan fingerprint density at radius 3 is 2.60 bits per heavy atom. The van der Waals surface area contributed by atoms with Crippen LogP contribution in [0, 0.1) is 0 Å². The van der Waals surface area contributed by atoms with Crippen LogP contribution in [0.15, 0.2) is 0 Å². The summed E-state index contributed by atoms with van der Waals surface area (Å²) in [7, 11) is 0. The van der Waals surface area contributed by atoms with Crippen molar-refractivity contribution in [1.29, 1.82) is 0 Å². The summed E-state index contributed by atoms with van der Waals surface area (Å²) in [5, 5.41) is 8.14. The summed E-state index contributed by atoms with van der Waals surface area (Å²) in [6.45, 7) is 4.69. The molecule has 1 spiro atoms. The lowest BCUT2D eigenvalue weighted by Crippen LogP contribution is -2.51. The maximum absolute atomic E-state index is 12.3. The summed E-state index contributed by atoms with van der Waals surface area (Å²) < 4.78 is 0. The van der Waals surface area contributed by atoms with Crippen LogP contribution >= 0.6 is 0 Å². The van der Waals surface area contributed by atoms with Gasteiger partial charge in [-0.2, -0.15) is 0 Å². The third-order valence-electron chi connectivity index (χ3n) is 4.20. The summed E-state index contributed by atoms with van der Waals surface area (Å²) >= 11 is 0. The summed E-state index contributed by atoms with van der Waals surface area (Å²) in [5.41, 5.74) is -0.907. The van der Waals surface area contributed by atoms with Gasteiger partial charge in [0.2, 0.25) is 5.91 Å². The minimum atomic E-state index is -0.907. The summed E-state index contributed by atoms with van der Waals surface area (Å²) in [5.74, 6) is -0.294. The second-order valence-electron chi connectivity index (χ2n) is 5.58. The van der Waals surface area contributed by atoms with E-state index in [0.717, 1.165) is 26.2 Å². The Hall–Kier alpha value is -1.67. The number of hydrogen-bond donors (Lipinski definition) is 3. The number of carbonyl (C=O) groups excluding carboxylic acids is 3. The molecule has 1 atom stereocenters. The number of likely N-dealkylation sites (tertiary alicyclic amines) is 1. The number of nitrogens with zero attached hydrogens (tertiary/aromatic N) is 2. The molecule has 0 aromatic carbocycles. The Morgan fingerprint density at radius 1 is 1.20 bits per heavy atom. The molecule has 3 heterocycles. The minimum absolute atomic E-state index is 0.0257. The van der Waals surface area contributed by atoms with E-state index in [1.165, 1.54) is 0 Å². The van der Waals surface area contributed by atoms with E-state index in [0.29, 0.717) is 19.5 Å². The van der Waals surface area contributed by atoms with Crippen LogP contribution in [0.3, 0.4) is 0 Å². The van der Waals surface area contributed by atoms with Crippen molar-refractivity contribution in [1.82, 2.24) is 25.8 Å². The fraction of sp³-hybridized carbons (Fsp3) is 0.750. The molecule has 0 bridgehead atoms. The largest absolute Gasteiger partial charge is 0.339 e. The highest BCUT2D eigenvalue weighted by atomic mass is 16.2. The molecule has 0 radical (unpaired) electrons. The second kappa shape index (κ2) is 5.02. The van der Waals surface area contributed by atoms with Crippen molar-refractivity contribution in [2.75, 3.05) is 45.8 Å². The van der Waals surface area contributed by atoms with Crippen LogP contribution in [0.4, 0.5) is 4.79 Å². The molecule has 110 valence electrons. The first-order valence-corrected chi connectivity index (χ1v) is 6.93. The maximum Gasteiger partial charge on any atom is 0.322 e. The van der Waals surface area contributed by atoms with Gasteiger partial charge in [0.15, 0.2) is 0 Å². The molecule has 3 aliphatic heterocycles. The van der Waals surface area contributed by atoms with Crippen LogP contribution in [0.5, 0.6) is 0 Å². The van der Waals surface area contributed by atoms with E-state index in [2.05, 4.69) is 20.9 Å². The van der Waals surface area contributed by atoms with Gasteiger partial charge < -0.3 is 15.5 Å². The lowest BCUT2D eigenvalue weighted by atomic mass is 10.00. The van der Waals surface area contributed by atoms with E-state index in [1.807, 2.05) is 0 Å². The molecule has 8 heteroatoms. The van der Waals surface area contributed by atoms with Gasteiger partial charge in [0.05, 0.1) is 13.1 Å². The summed E-state index contributed by atoms with van der Waals surface area (Å²) in [6.07, 6.45) is 0.484. The SMILES string of the molecule is O=C1NC(=O)C2(CCN(C(=O)CN3CCNCC3)C2)N1. The van der Waals surface area contributed by atoms with E-state index in [-0.39, 0.29) is 18.4 Å². The van der Waals surface area contributed by atoms with Gasteiger partial charge in [0.25, 0.3) is 5.91 Å². The van der Waals surface area contributed by atoms with E-state index in [4.69, 9.17) is 0 Å². The number of rotatable bonds is 2. The molecule has 3 saturated heterocycles. The van der Waals surface area contributed by atoms with E-state index < -0.39 is 11.6 Å². The minimum Gasteiger partial charge on any atom is -0.339 e. The number of amides is 4. The normalized spacial score (nSPS) is 30.7. The maximum atomic E-state index is 12.3. The van der Waals surface area contributed by atoms with Crippen LogP contribution in [-0.2, 0) is 9.59 Å². The van der Waals surface area contributed by atoms with Gasteiger partial charge in [-0.1, -0.05) is 0 Å². The van der Waals surface area contributed by atoms with Gasteiger partial charge in [-0.25, -0.2) is 4.79 Å². The van der Waals surface area contributed by atoms with Crippen molar-refractivity contribution in [2.45, 2.75) is 12.0 Å². The molecule has 3 aliphatic rings. The predicted molar refractivity (Wildman–Crippen MR) is 69.9 cm³/mol. The van der Waals surface area contributed by atoms with E-state index in [9.17, 15) is 14.4 Å². The third kappa shape index (κ3) is 2.36. The second-order valence-corrected chi connectivity index (χ2v) is 5.58. The fourth-order valence-corrected chi connectivity index (χ4v) is 3.00. The van der Waals surface area contributed by atoms with E-state index >= 15 is 0 Å². The summed E-state index contributed by atoms with van der Waals surface area (Å²) in [4.78, 5) is 39.1. The molecule has 1 unspecified atom stereocenters. The quantitative estimate of drug-likeness (QED) is 0.495. The number of urea groups is 1. The first-order valence-electron chi connectivity index (χ1n) is 6.93. The smallest absolute Gasteiger partial charge is 0.322 e. The van der Waals surface area contributed by atoms with E-state index in [1.54, 1.807) is 4.90 Å². The molecule has 0 aliphatic carbocycles. The zero-order valence-electron chi connectivity index (χ0n) is 11.3. The van der Waals surface area contributed by atoms with Crippen molar-refractivity contribution >= 4 is 17.8 Å². The van der Waals surface area contributed by atoms with Gasteiger partial charge in [0, 0.05) is 32.7 Å². The highest BCUT2D eigenvalue weighted by molar-refractivity contribution is 6.07. The predicted octanol–water partition coefficient (Wildman–Crippen LogP) is -2.30. The molecule has 8 nitrogen and oxygen atoms in total. The molecule has 20 heavy (non-hydrogen) atoms. The lowest BCUT2D eigenvalue weighted by molar-refractivity contribution is -0.132. The number of piperazine rings is 1. The Balaban J connectivity index is 1.58. The van der Waals surface area contributed by atoms with Crippen molar-refractivity contribution in [3.05, 3.63) is 0 Å².